The van der Waals surface area contributed by atoms with Gasteiger partial charge in [0.1, 0.15) is 12.0 Å². The zero-order valence-electron chi connectivity index (χ0n) is 14.7. The van der Waals surface area contributed by atoms with Crippen LogP contribution in [0.1, 0.15) is 17.2 Å². The Morgan fingerprint density at radius 1 is 1.11 bits per heavy atom. The quantitative estimate of drug-likeness (QED) is 0.721. The van der Waals surface area contributed by atoms with Crippen molar-refractivity contribution in [2.24, 2.45) is 0 Å². The molecule has 1 N–H and O–H groups in total. The van der Waals surface area contributed by atoms with Crippen LogP contribution < -0.4 is 5.32 Å². The Hall–Kier alpha value is -2.85. The van der Waals surface area contributed by atoms with Gasteiger partial charge in [0.25, 0.3) is 0 Å². The van der Waals surface area contributed by atoms with Crippen LogP contribution >= 0.6 is 0 Å². The minimum atomic E-state index is -4.34. The summed E-state index contributed by atoms with van der Waals surface area (Å²) in [6.07, 6.45) is 2.06. The number of rotatable bonds is 5. The second-order valence-corrected chi connectivity index (χ2v) is 6.48. The number of nitrogens with one attached hydrogen (secondary N) is 1. The average molecular weight is 390 g/mol. The molecule has 28 heavy (non-hydrogen) atoms. The lowest BCUT2D eigenvalue weighted by Gasteiger charge is -2.19. The van der Waals surface area contributed by atoms with E-state index in [1.165, 1.54) is 18.5 Å². The molecule has 3 aromatic rings. The van der Waals surface area contributed by atoms with Crippen molar-refractivity contribution in [1.82, 2.24) is 30.3 Å². The third-order valence-electron chi connectivity index (χ3n) is 4.58. The standard InChI is InChI=1S/C18H17F3N6O/c19-18(20,21)14-3-1-12(2-4-14)10-28-17-8-22-7-16(17)27-9-15(25-26-27)13-5-23-11-24-6-13/h1-6,9,11,16-17,22H,7-8,10H2. The number of alkyl halides is 3. The molecule has 0 amide bonds. The van der Waals surface area contributed by atoms with Crippen LogP contribution in [0.4, 0.5) is 13.2 Å². The maximum absolute atomic E-state index is 12.7. The molecule has 1 fully saturated rings. The Bertz CT molecular complexity index is 913. The number of halogens is 3. The molecule has 2 atom stereocenters. The van der Waals surface area contributed by atoms with Crippen molar-refractivity contribution < 1.29 is 17.9 Å². The van der Waals surface area contributed by atoms with Crippen molar-refractivity contribution >= 4 is 0 Å². The Balaban J connectivity index is 1.41. The van der Waals surface area contributed by atoms with Crippen LogP contribution in [0.25, 0.3) is 11.3 Å². The number of hydrogen-bond acceptors (Lipinski definition) is 6. The second-order valence-electron chi connectivity index (χ2n) is 6.48. The minimum absolute atomic E-state index is 0.0691. The maximum Gasteiger partial charge on any atom is 0.416 e. The topological polar surface area (TPSA) is 77.8 Å². The van der Waals surface area contributed by atoms with E-state index in [0.29, 0.717) is 24.3 Å². The summed E-state index contributed by atoms with van der Waals surface area (Å²) in [6, 6.07) is 4.93. The van der Waals surface area contributed by atoms with Gasteiger partial charge in [-0.25, -0.2) is 14.6 Å². The highest BCUT2D eigenvalue weighted by atomic mass is 19.4. The van der Waals surface area contributed by atoms with Crippen LogP contribution in [0.3, 0.4) is 0 Å². The van der Waals surface area contributed by atoms with Gasteiger partial charge in [0.15, 0.2) is 0 Å². The number of ether oxygens (including phenoxy) is 1. The molecule has 1 aromatic carbocycles. The van der Waals surface area contributed by atoms with E-state index in [1.807, 2.05) is 6.20 Å². The van der Waals surface area contributed by atoms with Gasteiger partial charge in [-0.15, -0.1) is 5.10 Å². The van der Waals surface area contributed by atoms with E-state index >= 15 is 0 Å². The predicted molar refractivity (Wildman–Crippen MR) is 93.0 cm³/mol. The predicted octanol–water partition coefficient (Wildman–Crippen LogP) is 2.48. The average Bonchev–Trinajstić information content (AvgIpc) is 3.36. The van der Waals surface area contributed by atoms with E-state index in [1.54, 1.807) is 17.1 Å². The fourth-order valence-electron chi connectivity index (χ4n) is 3.07. The molecular weight excluding hydrogens is 373 g/mol. The highest BCUT2D eigenvalue weighted by molar-refractivity contribution is 5.54. The van der Waals surface area contributed by atoms with Gasteiger partial charge >= 0.3 is 6.18 Å². The molecule has 0 radical (unpaired) electrons. The molecule has 0 aliphatic carbocycles. The monoisotopic (exact) mass is 390 g/mol. The lowest BCUT2D eigenvalue weighted by atomic mass is 10.1. The van der Waals surface area contributed by atoms with Crippen molar-refractivity contribution in [3.63, 3.8) is 0 Å². The first kappa shape index (κ1) is 18.5. The van der Waals surface area contributed by atoms with Gasteiger partial charge in [0.2, 0.25) is 0 Å². The van der Waals surface area contributed by atoms with Gasteiger partial charge in [0, 0.05) is 31.0 Å². The zero-order chi connectivity index (χ0) is 19.6. The number of benzene rings is 1. The molecule has 7 nitrogen and oxygen atoms in total. The molecule has 1 saturated heterocycles. The van der Waals surface area contributed by atoms with Gasteiger partial charge in [-0.3, -0.25) is 0 Å². The summed E-state index contributed by atoms with van der Waals surface area (Å²) < 4.78 is 45.6. The van der Waals surface area contributed by atoms with Gasteiger partial charge in [0.05, 0.1) is 30.5 Å². The first-order chi connectivity index (χ1) is 13.5. The van der Waals surface area contributed by atoms with Crippen LogP contribution in [0.15, 0.2) is 49.2 Å². The largest absolute Gasteiger partial charge is 0.416 e. The Kier molecular flexibility index (Phi) is 5.05. The fourth-order valence-corrected chi connectivity index (χ4v) is 3.07. The SMILES string of the molecule is FC(F)(F)c1ccc(COC2CNCC2n2cc(-c3cncnc3)nn2)cc1. The van der Waals surface area contributed by atoms with E-state index in [-0.39, 0.29) is 18.8 Å². The number of aromatic nitrogens is 5. The normalized spacial score (nSPS) is 19.8. The molecule has 1 aliphatic heterocycles. The van der Waals surface area contributed by atoms with Crippen molar-refractivity contribution in [1.29, 1.82) is 0 Å². The smallest absolute Gasteiger partial charge is 0.370 e. The van der Waals surface area contributed by atoms with Gasteiger partial charge in [-0.05, 0) is 17.7 Å². The van der Waals surface area contributed by atoms with E-state index in [9.17, 15) is 13.2 Å². The molecular formula is C18H17F3N6O. The number of nitrogens with zero attached hydrogens (tertiary/aromatic N) is 5. The minimum Gasteiger partial charge on any atom is -0.370 e. The lowest BCUT2D eigenvalue weighted by Crippen LogP contribution is -2.26. The molecule has 2 unspecified atom stereocenters. The molecule has 0 spiro atoms. The van der Waals surface area contributed by atoms with Gasteiger partial charge in [-0.2, -0.15) is 13.2 Å². The summed E-state index contributed by atoms with van der Waals surface area (Å²) in [5, 5.41) is 11.6. The first-order valence-electron chi connectivity index (χ1n) is 8.66. The summed E-state index contributed by atoms with van der Waals surface area (Å²) >= 11 is 0. The van der Waals surface area contributed by atoms with E-state index < -0.39 is 11.7 Å². The van der Waals surface area contributed by atoms with Crippen molar-refractivity contribution in [3.8, 4) is 11.3 Å². The van der Waals surface area contributed by atoms with Crippen molar-refractivity contribution in [2.75, 3.05) is 13.1 Å². The molecule has 10 heteroatoms. The van der Waals surface area contributed by atoms with Gasteiger partial charge in [-0.1, -0.05) is 17.3 Å². The van der Waals surface area contributed by atoms with Crippen molar-refractivity contribution in [2.45, 2.75) is 24.9 Å². The van der Waals surface area contributed by atoms with Crippen molar-refractivity contribution in [3.05, 3.63) is 60.3 Å². The summed E-state index contributed by atoms with van der Waals surface area (Å²) in [4.78, 5) is 7.94. The molecule has 3 heterocycles. The van der Waals surface area contributed by atoms with E-state index in [2.05, 4.69) is 25.6 Å². The summed E-state index contributed by atoms with van der Waals surface area (Å²) in [5.74, 6) is 0. The van der Waals surface area contributed by atoms with Crippen LogP contribution in [0.2, 0.25) is 0 Å². The van der Waals surface area contributed by atoms with Crippen LogP contribution in [0, 0.1) is 0 Å². The molecule has 4 rings (SSSR count). The molecule has 146 valence electrons. The maximum atomic E-state index is 12.7. The Morgan fingerprint density at radius 3 is 2.57 bits per heavy atom. The summed E-state index contributed by atoms with van der Waals surface area (Å²) in [7, 11) is 0. The fraction of sp³-hybridized carbons (Fsp3) is 0.333. The number of hydrogen-bond donors (Lipinski definition) is 1. The van der Waals surface area contributed by atoms with Gasteiger partial charge < -0.3 is 10.1 Å². The van der Waals surface area contributed by atoms with E-state index in [0.717, 1.165) is 17.7 Å². The Morgan fingerprint density at radius 2 is 1.86 bits per heavy atom. The molecule has 1 aliphatic rings. The van der Waals surface area contributed by atoms with Crippen LogP contribution in [0.5, 0.6) is 0 Å². The molecule has 0 saturated carbocycles. The first-order valence-corrected chi connectivity index (χ1v) is 8.66. The van der Waals surface area contributed by atoms with Crippen LogP contribution in [-0.2, 0) is 17.5 Å². The highest BCUT2D eigenvalue weighted by Gasteiger charge is 2.31. The van der Waals surface area contributed by atoms with E-state index in [4.69, 9.17) is 4.74 Å². The third kappa shape index (κ3) is 4.02. The summed E-state index contributed by atoms with van der Waals surface area (Å²) in [5.41, 5.74) is 1.44. The second kappa shape index (κ2) is 7.64. The molecule has 0 bridgehead atoms. The third-order valence-corrected chi connectivity index (χ3v) is 4.58. The van der Waals surface area contributed by atoms with Crippen LogP contribution in [-0.4, -0.2) is 44.2 Å². The summed E-state index contributed by atoms with van der Waals surface area (Å²) in [6.45, 7) is 1.50. The highest BCUT2D eigenvalue weighted by Crippen LogP contribution is 2.29. The molecule has 2 aromatic heterocycles. The Labute approximate surface area is 158 Å². The lowest BCUT2D eigenvalue weighted by molar-refractivity contribution is -0.137. The zero-order valence-corrected chi connectivity index (χ0v) is 14.7.